The molecule has 0 saturated heterocycles. The van der Waals surface area contributed by atoms with Gasteiger partial charge < -0.3 is 0 Å². The highest BCUT2D eigenvalue weighted by molar-refractivity contribution is 7.18. The lowest BCUT2D eigenvalue weighted by molar-refractivity contribution is 0.494. The summed E-state index contributed by atoms with van der Waals surface area (Å²) in [4.78, 5) is 0. The van der Waals surface area contributed by atoms with Crippen LogP contribution in [0.15, 0.2) is 30.3 Å². The maximum atomic E-state index is 4.12. The number of rotatable bonds is 3. The lowest BCUT2D eigenvalue weighted by Crippen LogP contribution is -2.19. The predicted octanol–water partition coefficient (Wildman–Crippen LogP) is 2.09. The van der Waals surface area contributed by atoms with Crippen LogP contribution in [0.5, 0.6) is 0 Å². The smallest absolute Gasteiger partial charge is 0.220 e. The molecular formula is C10H12N4S. The van der Waals surface area contributed by atoms with Crippen LogP contribution >= 0.6 is 11.3 Å². The summed E-state index contributed by atoms with van der Waals surface area (Å²) < 4.78 is 0. The second kappa shape index (κ2) is 4.37. The molecule has 2 rings (SSSR count). The van der Waals surface area contributed by atoms with Crippen LogP contribution < -0.4 is 5.43 Å². The summed E-state index contributed by atoms with van der Waals surface area (Å²) >= 11 is 1.54. The van der Waals surface area contributed by atoms with Gasteiger partial charge in [-0.25, -0.2) is 5.01 Å². The second-order valence-corrected chi connectivity index (χ2v) is 4.26. The Morgan fingerprint density at radius 2 is 1.87 bits per heavy atom. The van der Waals surface area contributed by atoms with Gasteiger partial charge in [0, 0.05) is 19.7 Å². The van der Waals surface area contributed by atoms with E-state index in [2.05, 4.69) is 15.6 Å². The van der Waals surface area contributed by atoms with Crippen LogP contribution in [0.1, 0.15) is 0 Å². The van der Waals surface area contributed by atoms with Gasteiger partial charge in [-0.3, -0.25) is 5.43 Å². The van der Waals surface area contributed by atoms with Crippen molar-refractivity contribution in [2.45, 2.75) is 0 Å². The maximum absolute atomic E-state index is 4.12. The van der Waals surface area contributed by atoms with Crippen molar-refractivity contribution in [3.63, 3.8) is 0 Å². The highest BCUT2D eigenvalue weighted by Crippen LogP contribution is 2.25. The summed E-state index contributed by atoms with van der Waals surface area (Å²) in [5, 5.41) is 11.7. The van der Waals surface area contributed by atoms with Gasteiger partial charge in [0.1, 0.15) is 5.01 Å². The first-order valence-electron chi connectivity index (χ1n) is 4.58. The first-order chi connectivity index (χ1) is 7.25. The average molecular weight is 220 g/mol. The molecule has 0 unspecified atom stereocenters. The van der Waals surface area contributed by atoms with Crippen molar-refractivity contribution in [3.05, 3.63) is 30.3 Å². The number of benzene rings is 1. The molecule has 0 radical (unpaired) electrons. The van der Waals surface area contributed by atoms with E-state index in [9.17, 15) is 0 Å². The van der Waals surface area contributed by atoms with Crippen LogP contribution in [0.3, 0.4) is 0 Å². The van der Waals surface area contributed by atoms with Crippen molar-refractivity contribution >= 4 is 16.5 Å². The molecule has 5 heteroatoms. The first-order valence-corrected chi connectivity index (χ1v) is 5.40. The third-order valence-corrected chi connectivity index (χ3v) is 2.64. The second-order valence-electron chi connectivity index (χ2n) is 3.28. The van der Waals surface area contributed by atoms with Crippen molar-refractivity contribution in [1.82, 2.24) is 15.2 Å². The molecule has 78 valence electrons. The highest BCUT2D eigenvalue weighted by atomic mass is 32.1. The Kier molecular flexibility index (Phi) is 2.94. The van der Waals surface area contributed by atoms with Crippen LogP contribution in [0.25, 0.3) is 10.6 Å². The van der Waals surface area contributed by atoms with E-state index < -0.39 is 0 Å². The molecule has 2 aromatic rings. The van der Waals surface area contributed by atoms with Crippen molar-refractivity contribution in [3.8, 4) is 10.6 Å². The van der Waals surface area contributed by atoms with E-state index in [1.54, 1.807) is 0 Å². The van der Waals surface area contributed by atoms with Gasteiger partial charge in [-0.2, -0.15) is 0 Å². The number of hydrogen-bond acceptors (Lipinski definition) is 5. The van der Waals surface area contributed by atoms with E-state index in [-0.39, 0.29) is 0 Å². The van der Waals surface area contributed by atoms with Crippen LogP contribution in [0, 0.1) is 0 Å². The number of anilines is 1. The molecule has 0 spiro atoms. The largest absolute Gasteiger partial charge is 0.293 e. The number of nitrogens with zero attached hydrogens (tertiary/aromatic N) is 3. The van der Waals surface area contributed by atoms with Crippen LogP contribution in [0.2, 0.25) is 0 Å². The first kappa shape index (κ1) is 10.1. The third kappa shape index (κ3) is 2.51. The molecule has 0 atom stereocenters. The van der Waals surface area contributed by atoms with E-state index in [1.807, 2.05) is 49.4 Å². The Morgan fingerprint density at radius 3 is 2.53 bits per heavy atom. The lowest BCUT2D eigenvalue weighted by Gasteiger charge is -2.08. The minimum absolute atomic E-state index is 0.804. The standard InChI is InChI=1S/C10H12N4S/c1-14(2)13-10-12-11-9(15-10)8-6-4-3-5-7-8/h3-7H,1-2H3,(H,12,13). The third-order valence-electron chi connectivity index (χ3n) is 1.76. The molecule has 0 aliphatic carbocycles. The van der Waals surface area contributed by atoms with Gasteiger partial charge in [0.05, 0.1) is 0 Å². The molecule has 0 aliphatic rings. The number of nitrogens with one attached hydrogen (secondary N) is 1. The molecule has 1 aromatic heterocycles. The van der Waals surface area contributed by atoms with Gasteiger partial charge in [0.25, 0.3) is 0 Å². The van der Waals surface area contributed by atoms with E-state index in [0.717, 1.165) is 15.7 Å². The van der Waals surface area contributed by atoms with Gasteiger partial charge in [-0.15, -0.1) is 10.2 Å². The molecule has 4 nitrogen and oxygen atoms in total. The minimum atomic E-state index is 0.804. The molecule has 0 aliphatic heterocycles. The van der Waals surface area contributed by atoms with Gasteiger partial charge in [-0.1, -0.05) is 41.7 Å². The van der Waals surface area contributed by atoms with Crippen molar-refractivity contribution in [2.24, 2.45) is 0 Å². The van der Waals surface area contributed by atoms with E-state index in [0.29, 0.717) is 0 Å². The molecule has 0 amide bonds. The quantitative estimate of drug-likeness (QED) is 0.804. The van der Waals surface area contributed by atoms with Crippen molar-refractivity contribution in [1.29, 1.82) is 0 Å². The Hall–Kier alpha value is -1.46. The zero-order chi connectivity index (χ0) is 10.7. The summed E-state index contributed by atoms with van der Waals surface area (Å²) in [6.45, 7) is 0. The molecule has 1 N–H and O–H groups in total. The number of aromatic nitrogens is 2. The molecule has 0 saturated carbocycles. The molecule has 15 heavy (non-hydrogen) atoms. The van der Waals surface area contributed by atoms with E-state index in [1.165, 1.54) is 11.3 Å². The van der Waals surface area contributed by atoms with Gasteiger partial charge in [0.2, 0.25) is 5.13 Å². The average Bonchev–Trinajstić information content (AvgIpc) is 2.67. The fourth-order valence-electron chi connectivity index (χ4n) is 1.16. The SMILES string of the molecule is CN(C)Nc1nnc(-c2ccccc2)s1. The van der Waals surface area contributed by atoms with Crippen LogP contribution in [-0.2, 0) is 0 Å². The summed E-state index contributed by atoms with van der Waals surface area (Å²) in [5.74, 6) is 0. The van der Waals surface area contributed by atoms with Gasteiger partial charge in [-0.05, 0) is 0 Å². The number of hydrazine groups is 1. The monoisotopic (exact) mass is 220 g/mol. The summed E-state index contributed by atoms with van der Waals surface area (Å²) in [7, 11) is 3.84. The van der Waals surface area contributed by atoms with Crippen molar-refractivity contribution in [2.75, 3.05) is 19.5 Å². The van der Waals surface area contributed by atoms with Crippen LogP contribution in [-0.4, -0.2) is 29.3 Å². The van der Waals surface area contributed by atoms with Gasteiger partial charge >= 0.3 is 0 Å². The summed E-state index contributed by atoms with van der Waals surface area (Å²) in [5.41, 5.74) is 4.17. The van der Waals surface area contributed by atoms with Crippen molar-refractivity contribution < 1.29 is 0 Å². The molecule has 1 heterocycles. The predicted molar refractivity (Wildman–Crippen MR) is 62.7 cm³/mol. The van der Waals surface area contributed by atoms with E-state index >= 15 is 0 Å². The summed E-state index contributed by atoms with van der Waals surface area (Å²) in [6.07, 6.45) is 0. The zero-order valence-electron chi connectivity index (χ0n) is 8.64. The van der Waals surface area contributed by atoms with E-state index in [4.69, 9.17) is 0 Å². The molecular weight excluding hydrogens is 208 g/mol. The highest BCUT2D eigenvalue weighted by Gasteiger charge is 2.05. The topological polar surface area (TPSA) is 41.0 Å². The fourth-order valence-corrected chi connectivity index (χ4v) is 1.99. The maximum Gasteiger partial charge on any atom is 0.220 e. The Labute approximate surface area is 92.5 Å². The van der Waals surface area contributed by atoms with Crippen LogP contribution in [0.4, 0.5) is 5.13 Å². The minimum Gasteiger partial charge on any atom is -0.293 e. The molecule has 1 aromatic carbocycles. The Bertz CT molecular complexity index is 424. The molecule has 0 bridgehead atoms. The number of hydrogen-bond donors (Lipinski definition) is 1. The zero-order valence-corrected chi connectivity index (χ0v) is 9.45. The lowest BCUT2D eigenvalue weighted by atomic mass is 10.2. The normalized spacial score (nSPS) is 10.6. The van der Waals surface area contributed by atoms with Gasteiger partial charge in [0.15, 0.2) is 0 Å². The fraction of sp³-hybridized carbons (Fsp3) is 0.200. The summed E-state index contributed by atoms with van der Waals surface area (Å²) in [6, 6.07) is 10.0. The molecule has 0 fully saturated rings. The Balaban J connectivity index is 2.21. The Morgan fingerprint density at radius 1 is 1.13 bits per heavy atom.